The summed E-state index contributed by atoms with van der Waals surface area (Å²) in [4.78, 5) is 28.6. The number of piperidine rings is 1. The average Bonchev–Trinajstić information content (AvgIpc) is 2.79. The Morgan fingerprint density at radius 2 is 1.96 bits per heavy atom. The van der Waals surface area contributed by atoms with Crippen molar-refractivity contribution in [1.29, 1.82) is 0 Å². The summed E-state index contributed by atoms with van der Waals surface area (Å²) < 4.78 is 0. The SMILES string of the molecule is Cc1ccc(C2=C(N3CCCC(CO)C3)C(=O)N(C)C2=O)c(C)c1. The Bertz CT molecular complexity index is 723. The lowest BCUT2D eigenvalue weighted by Gasteiger charge is -2.34. The number of aliphatic hydroxyl groups is 1. The number of imide groups is 1. The molecular formula is C19H24N2O3. The summed E-state index contributed by atoms with van der Waals surface area (Å²) in [6.07, 6.45) is 1.87. The lowest BCUT2D eigenvalue weighted by atomic mass is 9.95. The highest BCUT2D eigenvalue weighted by atomic mass is 16.3. The van der Waals surface area contributed by atoms with Crippen LogP contribution in [-0.4, -0.2) is 53.5 Å². The monoisotopic (exact) mass is 328 g/mol. The number of aryl methyl sites for hydroxylation is 2. The van der Waals surface area contributed by atoms with Gasteiger partial charge in [-0.3, -0.25) is 14.5 Å². The van der Waals surface area contributed by atoms with Gasteiger partial charge in [-0.25, -0.2) is 0 Å². The predicted molar refractivity (Wildman–Crippen MR) is 92.0 cm³/mol. The van der Waals surface area contributed by atoms with Crippen molar-refractivity contribution >= 4 is 17.4 Å². The van der Waals surface area contributed by atoms with E-state index in [1.54, 1.807) is 0 Å². The summed E-state index contributed by atoms with van der Waals surface area (Å²) in [6.45, 7) is 5.45. The molecule has 0 radical (unpaired) electrons. The zero-order valence-corrected chi connectivity index (χ0v) is 14.5. The fourth-order valence-electron chi connectivity index (χ4n) is 3.67. The first-order valence-electron chi connectivity index (χ1n) is 8.44. The number of hydrogen-bond acceptors (Lipinski definition) is 4. The first-order chi connectivity index (χ1) is 11.4. The number of benzene rings is 1. The minimum Gasteiger partial charge on any atom is -0.396 e. The first kappa shape index (κ1) is 16.7. The molecular weight excluding hydrogens is 304 g/mol. The van der Waals surface area contributed by atoms with Crippen molar-refractivity contribution in [1.82, 2.24) is 9.80 Å². The van der Waals surface area contributed by atoms with Gasteiger partial charge in [0.2, 0.25) is 0 Å². The number of nitrogens with zero attached hydrogens (tertiary/aromatic N) is 2. The van der Waals surface area contributed by atoms with Crippen LogP contribution in [0.1, 0.15) is 29.5 Å². The highest BCUT2D eigenvalue weighted by Crippen LogP contribution is 2.34. The van der Waals surface area contributed by atoms with Gasteiger partial charge >= 0.3 is 0 Å². The molecule has 2 aliphatic rings. The Balaban J connectivity index is 2.10. The molecule has 0 saturated carbocycles. The summed E-state index contributed by atoms with van der Waals surface area (Å²) >= 11 is 0. The van der Waals surface area contributed by atoms with Crippen molar-refractivity contribution in [2.45, 2.75) is 26.7 Å². The maximum absolute atomic E-state index is 12.7. The Labute approximate surface area is 142 Å². The van der Waals surface area contributed by atoms with Gasteiger partial charge in [-0.2, -0.15) is 0 Å². The topological polar surface area (TPSA) is 60.9 Å². The van der Waals surface area contributed by atoms with Gasteiger partial charge in [-0.1, -0.05) is 23.8 Å². The van der Waals surface area contributed by atoms with Crippen LogP contribution in [-0.2, 0) is 9.59 Å². The van der Waals surface area contributed by atoms with Crippen LogP contribution in [0.3, 0.4) is 0 Å². The van der Waals surface area contributed by atoms with E-state index in [0.29, 0.717) is 17.8 Å². The van der Waals surface area contributed by atoms with Crippen LogP contribution in [0.2, 0.25) is 0 Å². The van der Waals surface area contributed by atoms with E-state index < -0.39 is 0 Å². The third kappa shape index (κ3) is 2.73. The third-order valence-corrected chi connectivity index (χ3v) is 5.01. The largest absolute Gasteiger partial charge is 0.396 e. The number of rotatable bonds is 3. The molecule has 0 aromatic heterocycles. The van der Waals surface area contributed by atoms with Crippen LogP contribution in [0, 0.1) is 19.8 Å². The molecule has 1 aromatic carbocycles. The molecule has 128 valence electrons. The third-order valence-electron chi connectivity index (χ3n) is 5.01. The normalized spacial score (nSPS) is 21.9. The molecule has 1 unspecified atom stereocenters. The van der Waals surface area contributed by atoms with E-state index in [4.69, 9.17) is 0 Å². The molecule has 1 N–H and O–H groups in total. The second-order valence-corrected chi connectivity index (χ2v) is 6.85. The van der Waals surface area contributed by atoms with E-state index in [0.717, 1.165) is 36.1 Å². The van der Waals surface area contributed by atoms with Crippen molar-refractivity contribution in [3.8, 4) is 0 Å². The zero-order chi connectivity index (χ0) is 17.4. The van der Waals surface area contributed by atoms with Crippen LogP contribution in [0.5, 0.6) is 0 Å². The lowest BCUT2D eigenvalue weighted by molar-refractivity contribution is -0.136. The molecule has 1 atom stereocenters. The predicted octanol–water partition coefficient (Wildman–Crippen LogP) is 1.72. The second-order valence-electron chi connectivity index (χ2n) is 6.85. The molecule has 2 aliphatic heterocycles. The Morgan fingerprint density at radius 3 is 2.62 bits per heavy atom. The van der Waals surface area contributed by atoms with Crippen molar-refractivity contribution in [2.75, 3.05) is 26.7 Å². The molecule has 5 heteroatoms. The average molecular weight is 328 g/mol. The summed E-state index contributed by atoms with van der Waals surface area (Å²) in [5.74, 6) is -0.331. The van der Waals surface area contributed by atoms with E-state index in [2.05, 4.69) is 0 Å². The van der Waals surface area contributed by atoms with Gasteiger partial charge in [-0.05, 0) is 43.7 Å². The number of hydrogen-bond donors (Lipinski definition) is 1. The lowest BCUT2D eigenvalue weighted by Crippen LogP contribution is -2.39. The van der Waals surface area contributed by atoms with Crippen LogP contribution in [0.15, 0.2) is 23.9 Å². The Kier molecular flexibility index (Phi) is 4.45. The summed E-state index contributed by atoms with van der Waals surface area (Å²) in [6, 6.07) is 5.93. The maximum Gasteiger partial charge on any atom is 0.277 e. The number of amides is 2. The van der Waals surface area contributed by atoms with Gasteiger partial charge in [-0.15, -0.1) is 0 Å². The minimum absolute atomic E-state index is 0.112. The minimum atomic E-state index is -0.243. The van der Waals surface area contributed by atoms with Gasteiger partial charge in [0.1, 0.15) is 5.70 Å². The molecule has 1 saturated heterocycles. The fraction of sp³-hybridized carbons (Fsp3) is 0.474. The molecule has 2 amide bonds. The second kappa shape index (κ2) is 6.40. The zero-order valence-electron chi connectivity index (χ0n) is 14.5. The van der Waals surface area contributed by atoms with Crippen molar-refractivity contribution in [3.63, 3.8) is 0 Å². The first-order valence-corrected chi connectivity index (χ1v) is 8.44. The summed E-state index contributed by atoms with van der Waals surface area (Å²) in [5, 5.41) is 9.47. The van der Waals surface area contributed by atoms with Crippen molar-refractivity contribution in [3.05, 3.63) is 40.6 Å². The van der Waals surface area contributed by atoms with Crippen LogP contribution in [0.4, 0.5) is 0 Å². The van der Waals surface area contributed by atoms with Crippen molar-refractivity contribution < 1.29 is 14.7 Å². The Morgan fingerprint density at radius 1 is 1.21 bits per heavy atom. The van der Waals surface area contributed by atoms with Crippen molar-refractivity contribution in [2.24, 2.45) is 5.92 Å². The summed E-state index contributed by atoms with van der Waals surface area (Å²) in [7, 11) is 1.54. The van der Waals surface area contributed by atoms with E-state index in [1.165, 1.54) is 11.9 Å². The molecule has 3 rings (SSSR count). The molecule has 1 aromatic rings. The van der Waals surface area contributed by atoms with Gasteiger partial charge in [0, 0.05) is 26.7 Å². The van der Waals surface area contributed by atoms with Gasteiger partial charge in [0.15, 0.2) is 0 Å². The Hall–Kier alpha value is -2.14. The molecule has 0 spiro atoms. The highest BCUT2D eigenvalue weighted by Gasteiger charge is 2.40. The molecule has 1 fully saturated rings. The summed E-state index contributed by atoms with van der Waals surface area (Å²) in [5.41, 5.74) is 3.94. The number of carbonyl (C=O) groups is 2. The van der Waals surface area contributed by atoms with E-state index in [-0.39, 0.29) is 24.3 Å². The van der Waals surface area contributed by atoms with Gasteiger partial charge in [0.05, 0.1) is 5.57 Å². The van der Waals surface area contributed by atoms with E-state index in [9.17, 15) is 14.7 Å². The number of carbonyl (C=O) groups excluding carboxylic acids is 2. The molecule has 0 bridgehead atoms. The van der Waals surface area contributed by atoms with Crippen LogP contribution in [0.25, 0.3) is 5.57 Å². The van der Waals surface area contributed by atoms with Gasteiger partial charge in [0.25, 0.3) is 11.8 Å². The smallest absolute Gasteiger partial charge is 0.277 e. The highest BCUT2D eigenvalue weighted by molar-refractivity contribution is 6.35. The molecule has 5 nitrogen and oxygen atoms in total. The fourth-order valence-corrected chi connectivity index (χ4v) is 3.67. The number of likely N-dealkylation sites (tertiary alicyclic amines) is 1. The quantitative estimate of drug-likeness (QED) is 0.858. The van der Waals surface area contributed by atoms with E-state index >= 15 is 0 Å². The number of aliphatic hydroxyl groups excluding tert-OH is 1. The van der Waals surface area contributed by atoms with Gasteiger partial charge < -0.3 is 10.0 Å². The maximum atomic E-state index is 12.7. The molecule has 2 heterocycles. The van der Waals surface area contributed by atoms with Crippen LogP contribution < -0.4 is 0 Å². The molecule has 24 heavy (non-hydrogen) atoms. The van der Waals surface area contributed by atoms with Crippen LogP contribution >= 0.6 is 0 Å². The number of likely N-dealkylation sites (N-methyl/N-ethyl adjacent to an activating group) is 1. The molecule has 0 aliphatic carbocycles. The van der Waals surface area contributed by atoms with E-state index in [1.807, 2.05) is 36.9 Å². The standard InChI is InChI=1S/C19H24N2O3/c1-12-6-7-15(13(2)9-12)16-17(19(24)20(3)18(16)23)21-8-4-5-14(10-21)11-22/h6-7,9,14,22H,4-5,8,10-11H2,1-3H3.